The van der Waals surface area contributed by atoms with Crippen molar-refractivity contribution in [3.05, 3.63) is 28.2 Å². The average molecular weight is 257 g/mol. The van der Waals surface area contributed by atoms with Crippen molar-refractivity contribution in [1.82, 2.24) is 10.6 Å². The minimum absolute atomic E-state index is 0.219. The first kappa shape index (κ1) is 9.96. The highest BCUT2D eigenvalue weighted by molar-refractivity contribution is 9.10. The lowest BCUT2D eigenvalue weighted by Gasteiger charge is -2.25. The van der Waals surface area contributed by atoms with E-state index >= 15 is 0 Å². The molecule has 1 aromatic rings. The van der Waals surface area contributed by atoms with E-state index < -0.39 is 0 Å². The number of phenols is 1. The van der Waals surface area contributed by atoms with Gasteiger partial charge in [0.15, 0.2) is 0 Å². The number of phenolic OH excluding ortho intramolecular Hbond substituents is 1. The first-order valence-corrected chi connectivity index (χ1v) is 5.49. The second-order valence-electron chi connectivity index (χ2n) is 3.41. The van der Waals surface area contributed by atoms with E-state index in [0.717, 1.165) is 29.7 Å². The van der Waals surface area contributed by atoms with Crippen LogP contribution in [-0.4, -0.2) is 24.7 Å². The van der Waals surface area contributed by atoms with Crippen LogP contribution >= 0.6 is 15.9 Å². The number of benzene rings is 1. The zero-order chi connectivity index (χ0) is 9.97. The summed E-state index contributed by atoms with van der Waals surface area (Å²) in [6.07, 6.45) is 0. The van der Waals surface area contributed by atoms with Gasteiger partial charge in [-0.2, -0.15) is 0 Å². The van der Waals surface area contributed by atoms with Crippen molar-refractivity contribution in [2.75, 3.05) is 19.6 Å². The van der Waals surface area contributed by atoms with Gasteiger partial charge >= 0.3 is 0 Å². The number of hydrogen-bond donors (Lipinski definition) is 3. The van der Waals surface area contributed by atoms with Gasteiger partial charge in [-0.3, -0.25) is 0 Å². The standard InChI is InChI=1S/C10H13BrN2O/c11-7-1-2-8(10(14)5-7)9-6-12-3-4-13-9/h1-2,5,9,12-14H,3-4,6H2/t9-/m0/s1. The summed E-state index contributed by atoms with van der Waals surface area (Å²) in [7, 11) is 0. The highest BCUT2D eigenvalue weighted by atomic mass is 79.9. The summed E-state index contributed by atoms with van der Waals surface area (Å²) < 4.78 is 0.905. The van der Waals surface area contributed by atoms with E-state index in [1.54, 1.807) is 6.07 Å². The molecule has 0 aromatic heterocycles. The molecule has 1 aliphatic rings. The number of aromatic hydroxyl groups is 1. The third kappa shape index (κ3) is 2.08. The topological polar surface area (TPSA) is 44.3 Å². The number of hydrogen-bond acceptors (Lipinski definition) is 3. The Morgan fingerprint density at radius 2 is 2.21 bits per heavy atom. The first-order valence-electron chi connectivity index (χ1n) is 4.70. The van der Waals surface area contributed by atoms with Crippen molar-refractivity contribution in [2.24, 2.45) is 0 Å². The van der Waals surface area contributed by atoms with E-state index in [1.807, 2.05) is 12.1 Å². The molecule has 14 heavy (non-hydrogen) atoms. The molecule has 76 valence electrons. The van der Waals surface area contributed by atoms with Crippen LogP contribution in [0.2, 0.25) is 0 Å². The fourth-order valence-corrected chi connectivity index (χ4v) is 2.03. The van der Waals surface area contributed by atoms with Crippen molar-refractivity contribution in [2.45, 2.75) is 6.04 Å². The summed E-state index contributed by atoms with van der Waals surface area (Å²) >= 11 is 3.32. The van der Waals surface area contributed by atoms with Gasteiger partial charge in [-0.15, -0.1) is 0 Å². The molecule has 0 radical (unpaired) electrons. The normalized spacial score (nSPS) is 22.2. The van der Waals surface area contributed by atoms with Crippen LogP contribution in [-0.2, 0) is 0 Å². The molecular formula is C10H13BrN2O. The van der Waals surface area contributed by atoms with E-state index in [0.29, 0.717) is 5.75 Å². The molecule has 1 atom stereocenters. The van der Waals surface area contributed by atoms with Crippen LogP contribution in [0.4, 0.5) is 0 Å². The Balaban J connectivity index is 2.22. The minimum atomic E-state index is 0.219. The molecule has 2 rings (SSSR count). The molecule has 0 aliphatic carbocycles. The van der Waals surface area contributed by atoms with Gasteiger partial charge in [-0.1, -0.05) is 22.0 Å². The molecule has 0 saturated carbocycles. The molecule has 1 aliphatic heterocycles. The molecule has 3 nitrogen and oxygen atoms in total. The lowest BCUT2D eigenvalue weighted by molar-refractivity contribution is 0.404. The van der Waals surface area contributed by atoms with Crippen molar-refractivity contribution in [3.8, 4) is 5.75 Å². The largest absolute Gasteiger partial charge is 0.508 e. The molecule has 0 unspecified atom stereocenters. The van der Waals surface area contributed by atoms with Gasteiger partial charge in [0, 0.05) is 35.7 Å². The predicted molar refractivity (Wildman–Crippen MR) is 59.4 cm³/mol. The zero-order valence-electron chi connectivity index (χ0n) is 7.76. The highest BCUT2D eigenvalue weighted by Crippen LogP contribution is 2.27. The van der Waals surface area contributed by atoms with Crippen molar-refractivity contribution in [3.63, 3.8) is 0 Å². The lowest BCUT2D eigenvalue weighted by Crippen LogP contribution is -2.42. The maximum atomic E-state index is 9.75. The Labute approximate surface area is 91.6 Å². The zero-order valence-corrected chi connectivity index (χ0v) is 9.34. The molecule has 0 amide bonds. The van der Waals surface area contributed by atoms with Gasteiger partial charge in [-0.25, -0.2) is 0 Å². The molecule has 3 N–H and O–H groups in total. The number of halogens is 1. The summed E-state index contributed by atoms with van der Waals surface area (Å²) in [6.45, 7) is 2.81. The van der Waals surface area contributed by atoms with Crippen LogP contribution in [0.5, 0.6) is 5.75 Å². The number of rotatable bonds is 1. The fourth-order valence-electron chi connectivity index (χ4n) is 1.68. The third-order valence-electron chi connectivity index (χ3n) is 2.41. The van der Waals surface area contributed by atoms with Crippen molar-refractivity contribution >= 4 is 15.9 Å². The molecule has 1 saturated heterocycles. The second kappa shape index (κ2) is 4.29. The van der Waals surface area contributed by atoms with E-state index in [2.05, 4.69) is 26.6 Å². The molecule has 1 aromatic carbocycles. The van der Waals surface area contributed by atoms with Gasteiger partial charge in [0.25, 0.3) is 0 Å². The number of nitrogens with one attached hydrogen (secondary N) is 2. The minimum Gasteiger partial charge on any atom is -0.508 e. The summed E-state index contributed by atoms with van der Waals surface area (Å²) in [5.74, 6) is 0.348. The Kier molecular flexibility index (Phi) is 3.05. The van der Waals surface area contributed by atoms with Gasteiger partial charge in [0.1, 0.15) is 5.75 Å². The van der Waals surface area contributed by atoms with Crippen molar-refractivity contribution < 1.29 is 5.11 Å². The second-order valence-corrected chi connectivity index (χ2v) is 4.33. The van der Waals surface area contributed by atoms with Crippen LogP contribution in [0.25, 0.3) is 0 Å². The Morgan fingerprint density at radius 1 is 1.36 bits per heavy atom. The van der Waals surface area contributed by atoms with E-state index in [-0.39, 0.29) is 6.04 Å². The average Bonchev–Trinajstić information content (AvgIpc) is 2.19. The smallest absolute Gasteiger partial charge is 0.121 e. The first-order chi connectivity index (χ1) is 6.77. The van der Waals surface area contributed by atoms with Crippen molar-refractivity contribution in [1.29, 1.82) is 0 Å². The molecule has 0 spiro atoms. The molecule has 1 heterocycles. The quantitative estimate of drug-likeness (QED) is 0.712. The highest BCUT2D eigenvalue weighted by Gasteiger charge is 2.17. The Hall–Kier alpha value is -0.580. The molecule has 0 bridgehead atoms. The van der Waals surface area contributed by atoms with Crippen LogP contribution < -0.4 is 10.6 Å². The van der Waals surface area contributed by atoms with E-state index in [9.17, 15) is 5.11 Å². The van der Waals surface area contributed by atoms with Gasteiger partial charge < -0.3 is 15.7 Å². The summed E-state index contributed by atoms with van der Waals surface area (Å²) in [6, 6.07) is 5.85. The van der Waals surface area contributed by atoms with Crippen LogP contribution in [0.1, 0.15) is 11.6 Å². The van der Waals surface area contributed by atoms with Gasteiger partial charge in [0.2, 0.25) is 0 Å². The van der Waals surface area contributed by atoms with Gasteiger partial charge in [0.05, 0.1) is 0 Å². The maximum absolute atomic E-state index is 9.75. The van der Waals surface area contributed by atoms with E-state index in [4.69, 9.17) is 0 Å². The Bertz CT molecular complexity index is 324. The van der Waals surface area contributed by atoms with Crippen LogP contribution in [0.15, 0.2) is 22.7 Å². The number of piperazine rings is 1. The summed E-state index contributed by atoms with van der Waals surface area (Å²) in [5, 5.41) is 16.4. The molecule has 1 fully saturated rings. The lowest BCUT2D eigenvalue weighted by atomic mass is 10.0. The summed E-state index contributed by atoms with van der Waals surface area (Å²) in [5.41, 5.74) is 0.959. The fraction of sp³-hybridized carbons (Fsp3) is 0.400. The monoisotopic (exact) mass is 256 g/mol. The molecule has 4 heteroatoms. The van der Waals surface area contributed by atoms with Crippen LogP contribution in [0.3, 0.4) is 0 Å². The third-order valence-corrected chi connectivity index (χ3v) is 2.90. The SMILES string of the molecule is Oc1cc(Br)ccc1[C@@H]1CNCCN1. The predicted octanol–water partition coefficient (Wildman–Crippen LogP) is 1.39. The van der Waals surface area contributed by atoms with Crippen LogP contribution in [0, 0.1) is 0 Å². The van der Waals surface area contributed by atoms with E-state index in [1.165, 1.54) is 0 Å². The molecular weight excluding hydrogens is 244 g/mol. The summed E-state index contributed by atoms with van der Waals surface area (Å²) in [4.78, 5) is 0. The van der Waals surface area contributed by atoms with Gasteiger partial charge in [-0.05, 0) is 12.1 Å². The maximum Gasteiger partial charge on any atom is 0.121 e. The Morgan fingerprint density at radius 3 is 2.86 bits per heavy atom.